The number of hydrogen-bond donors (Lipinski definition) is 1. The first kappa shape index (κ1) is 22.5. The molecule has 3 aromatic carbocycles. The maximum atomic E-state index is 13.3. The molecule has 2 heterocycles. The second kappa shape index (κ2) is 9.52. The number of amides is 1. The van der Waals surface area contributed by atoms with Gasteiger partial charge in [-0.05, 0) is 53.6 Å². The molecule has 0 aliphatic rings. The molecule has 174 valence electrons. The van der Waals surface area contributed by atoms with Crippen molar-refractivity contribution in [2.45, 2.75) is 13.5 Å². The lowest BCUT2D eigenvalue weighted by Crippen LogP contribution is -2.27. The zero-order valence-corrected chi connectivity index (χ0v) is 19.7. The van der Waals surface area contributed by atoms with Gasteiger partial charge in [-0.25, -0.2) is 9.78 Å². The summed E-state index contributed by atoms with van der Waals surface area (Å²) in [6.07, 6.45) is 1.40. The monoisotopic (exact) mass is 483 g/mol. The lowest BCUT2D eigenvalue weighted by molar-refractivity contribution is -0.116. The number of rotatable bonds is 6. The molecule has 0 fully saturated rings. The zero-order chi connectivity index (χ0) is 24.4. The van der Waals surface area contributed by atoms with Gasteiger partial charge in [0.25, 0.3) is 5.56 Å². The number of benzene rings is 3. The molecule has 5 rings (SSSR count). The molecule has 0 saturated heterocycles. The summed E-state index contributed by atoms with van der Waals surface area (Å²) in [6.45, 7) is 1.84. The molecule has 0 radical (unpaired) electrons. The Labute approximate surface area is 204 Å². The highest BCUT2D eigenvalue weighted by molar-refractivity contribution is 7.17. The predicted molar refractivity (Wildman–Crippen MR) is 138 cm³/mol. The van der Waals surface area contributed by atoms with E-state index in [0.29, 0.717) is 21.5 Å². The summed E-state index contributed by atoms with van der Waals surface area (Å²) in [7, 11) is 0. The van der Waals surface area contributed by atoms with Crippen LogP contribution < -0.4 is 10.9 Å². The van der Waals surface area contributed by atoms with Crippen LogP contribution in [0, 0.1) is 0 Å². The SMILES string of the molecule is CCOC(=O)c1ccc(NC(=O)Cn2cnc3scc(-c4ccc5ccccc5c4)c3c2=O)cc1. The van der Waals surface area contributed by atoms with E-state index >= 15 is 0 Å². The second-order valence-corrected chi connectivity index (χ2v) is 8.77. The van der Waals surface area contributed by atoms with E-state index in [9.17, 15) is 14.4 Å². The number of thiophene rings is 1. The highest BCUT2D eigenvalue weighted by Crippen LogP contribution is 2.32. The molecule has 0 spiro atoms. The normalized spacial score (nSPS) is 11.0. The molecule has 0 aliphatic heterocycles. The van der Waals surface area contributed by atoms with E-state index in [4.69, 9.17) is 4.74 Å². The molecule has 0 unspecified atom stereocenters. The van der Waals surface area contributed by atoms with E-state index in [-0.39, 0.29) is 24.6 Å². The van der Waals surface area contributed by atoms with Gasteiger partial charge in [0.15, 0.2) is 0 Å². The molecule has 8 heteroatoms. The molecule has 0 saturated carbocycles. The maximum absolute atomic E-state index is 13.3. The predicted octanol–water partition coefficient (Wildman–Crippen LogP) is 5.09. The van der Waals surface area contributed by atoms with Crippen molar-refractivity contribution in [3.8, 4) is 11.1 Å². The maximum Gasteiger partial charge on any atom is 0.338 e. The molecule has 1 N–H and O–H groups in total. The molecule has 35 heavy (non-hydrogen) atoms. The minimum Gasteiger partial charge on any atom is -0.462 e. The van der Waals surface area contributed by atoms with E-state index in [1.807, 2.05) is 41.8 Å². The van der Waals surface area contributed by atoms with Gasteiger partial charge in [-0.15, -0.1) is 11.3 Å². The number of carbonyl (C=O) groups is 2. The highest BCUT2D eigenvalue weighted by Gasteiger charge is 2.15. The van der Waals surface area contributed by atoms with Gasteiger partial charge >= 0.3 is 5.97 Å². The number of fused-ring (bicyclic) bond motifs is 2. The van der Waals surface area contributed by atoms with Gasteiger partial charge in [0.05, 0.1) is 23.9 Å². The summed E-state index contributed by atoms with van der Waals surface area (Å²) < 4.78 is 6.27. The summed E-state index contributed by atoms with van der Waals surface area (Å²) in [4.78, 5) is 42.8. The minimum atomic E-state index is -0.422. The number of aromatic nitrogens is 2. The summed E-state index contributed by atoms with van der Waals surface area (Å²) in [6, 6.07) is 20.5. The van der Waals surface area contributed by atoms with E-state index in [2.05, 4.69) is 16.4 Å². The van der Waals surface area contributed by atoms with Crippen LogP contribution in [0.25, 0.3) is 32.1 Å². The van der Waals surface area contributed by atoms with Gasteiger partial charge in [0.2, 0.25) is 5.91 Å². The number of carbonyl (C=O) groups excluding carboxylic acids is 2. The Bertz CT molecular complexity index is 1620. The standard InChI is InChI=1S/C27H21N3O4S/c1-2-34-27(33)18-9-11-21(12-10-18)29-23(31)14-30-16-28-25-24(26(30)32)22(15-35-25)20-8-7-17-5-3-4-6-19(17)13-20/h3-13,15-16H,2,14H2,1H3,(H,29,31). The third-order valence-electron chi connectivity index (χ3n) is 5.61. The number of nitrogens with zero attached hydrogens (tertiary/aromatic N) is 2. The minimum absolute atomic E-state index is 0.186. The van der Waals surface area contributed by atoms with Crippen molar-refractivity contribution in [2.75, 3.05) is 11.9 Å². The number of anilines is 1. The average Bonchev–Trinajstić information content (AvgIpc) is 3.31. The second-order valence-electron chi connectivity index (χ2n) is 7.92. The Kier molecular flexibility index (Phi) is 6.12. The van der Waals surface area contributed by atoms with Crippen LogP contribution in [0.15, 0.2) is 83.2 Å². The summed E-state index contributed by atoms with van der Waals surface area (Å²) >= 11 is 1.40. The van der Waals surface area contributed by atoms with Gasteiger partial charge < -0.3 is 10.1 Å². The number of nitrogens with one attached hydrogen (secondary N) is 1. The van der Waals surface area contributed by atoms with Gasteiger partial charge in [-0.3, -0.25) is 14.2 Å². The molecular formula is C27H21N3O4S. The summed E-state index contributed by atoms with van der Waals surface area (Å²) in [5, 5.41) is 7.39. The van der Waals surface area contributed by atoms with E-state index in [1.54, 1.807) is 31.2 Å². The Morgan fingerprint density at radius 1 is 1.03 bits per heavy atom. The van der Waals surface area contributed by atoms with Crippen LogP contribution in [0.3, 0.4) is 0 Å². The van der Waals surface area contributed by atoms with Crippen molar-refractivity contribution in [1.82, 2.24) is 9.55 Å². The molecule has 0 aliphatic carbocycles. The third-order valence-corrected chi connectivity index (χ3v) is 6.50. The van der Waals surface area contributed by atoms with Crippen molar-refractivity contribution < 1.29 is 14.3 Å². The first-order valence-corrected chi connectivity index (χ1v) is 11.9. The van der Waals surface area contributed by atoms with Crippen LogP contribution in [0.1, 0.15) is 17.3 Å². The molecular weight excluding hydrogens is 462 g/mol. The van der Waals surface area contributed by atoms with Gasteiger partial charge in [-0.1, -0.05) is 36.4 Å². The van der Waals surface area contributed by atoms with Crippen molar-refractivity contribution in [2.24, 2.45) is 0 Å². The zero-order valence-electron chi connectivity index (χ0n) is 18.9. The van der Waals surface area contributed by atoms with Gasteiger partial charge in [0.1, 0.15) is 11.4 Å². The fourth-order valence-corrected chi connectivity index (χ4v) is 4.82. The van der Waals surface area contributed by atoms with Gasteiger partial charge in [-0.2, -0.15) is 0 Å². The first-order chi connectivity index (χ1) is 17.0. The Morgan fingerprint density at radius 3 is 2.57 bits per heavy atom. The van der Waals surface area contributed by atoms with E-state index in [0.717, 1.165) is 21.9 Å². The smallest absolute Gasteiger partial charge is 0.338 e. The first-order valence-electron chi connectivity index (χ1n) is 11.1. The van der Waals surface area contributed by atoms with Crippen LogP contribution >= 0.6 is 11.3 Å². The van der Waals surface area contributed by atoms with Crippen molar-refractivity contribution in [1.29, 1.82) is 0 Å². The lowest BCUT2D eigenvalue weighted by Gasteiger charge is -2.09. The number of ether oxygens (including phenoxy) is 1. The van der Waals surface area contributed by atoms with Crippen LogP contribution in [0.2, 0.25) is 0 Å². The summed E-state index contributed by atoms with van der Waals surface area (Å²) in [5.74, 6) is -0.797. The van der Waals surface area contributed by atoms with Crippen LogP contribution in [-0.2, 0) is 16.1 Å². The average molecular weight is 484 g/mol. The topological polar surface area (TPSA) is 90.3 Å². The van der Waals surface area contributed by atoms with E-state index in [1.165, 1.54) is 22.2 Å². The fraction of sp³-hybridized carbons (Fsp3) is 0.111. The van der Waals surface area contributed by atoms with Crippen molar-refractivity contribution in [3.63, 3.8) is 0 Å². The van der Waals surface area contributed by atoms with Crippen molar-refractivity contribution >= 4 is 49.9 Å². The number of esters is 1. The Hall–Kier alpha value is -4.30. The fourth-order valence-electron chi connectivity index (χ4n) is 3.91. The van der Waals surface area contributed by atoms with Crippen molar-refractivity contribution in [3.05, 3.63) is 94.4 Å². The van der Waals surface area contributed by atoms with Gasteiger partial charge in [0, 0.05) is 16.6 Å². The highest BCUT2D eigenvalue weighted by atomic mass is 32.1. The molecule has 0 atom stereocenters. The van der Waals surface area contributed by atoms with Crippen LogP contribution in [-0.4, -0.2) is 28.0 Å². The summed E-state index contributed by atoms with van der Waals surface area (Å²) in [5.41, 5.74) is 2.37. The quantitative estimate of drug-likeness (QED) is 0.340. The molecule has 0 bridgehead atoms. The Balaban J connectivity index is 1.39. The Morgan fingerprint density at radius 2 is 1.80 bits per heavy atom. The number of hydrogen-bond acceptors (Lipinski definition) is 6. The molecule has 2 aromatic heterocycles. The largest absolute Gasteiger partial charge is 0.462 e. The molecule has 1 amide bonds. The molecule has 5 aromatic rings. The third kappa shape index (κ3) is 4.56. The van der Waals surface area contributed by atoms with Crippen LogP contribution in [0.5, 0.6) is 0 Å². The lowest BCUT2D eigenvalue weighted by atomic mass is 10.0. The van der Waals surface area contributed by atoms with E-state index < -0.39 is 5.97 Å². The molecule has 7 nitrogen and oxygen atoms in total. The van der Waals surface area contributed by atoms with Crippen LogP contribution in [0.4, 0.5) is 5.69 Å².